The van der Waals surface area contributed by atoms with Gasteiger partial charge in [-0.05, 0) is 35.9 Å². The summed E-state index contributed by atoms with van der Waals surface area (Å²) in [5, 5.41) is 4.46. The number of hydrogen-bond donors (Lipinski definition) is 1. The van der Waals surface area contributed by atoms with Crippen LogP contribution in [0.3, 0.4) is 0 Å². The van der Waals surface area contributed by atoms with Gasteiger partial charge >= 0.3 is 0 Å². The number of nitrogens with zero attached hydrogens (tertiary/aromatic N) is 4. The van der Waals surface area contributed by atoms with Gasteiger partial charge in [0.2, 0.25) is 0 Å². The van der Waals surface area contributed by atoms with Gasteiger partial charge < -0.3 is 14.4 Å². The Hall–Kier alpha value is -2.98. The van der Waals surface area contributed by atoms with Gasteiger partial charge in [-0.1, -0.05) is 11.8 Å². The molecule has 1 aliphatic rings. The van der Waals surface area contributed by atoms with E-state index in [4.69, 9.17) is 9.47 Å². The molecule has 2 heterocycles. The fraction of sp³-hybridized carbons (Fsp3) is 0.316. The third-order valence-corrected chi connectivity index (χ3v) is 4.76. The number of hydrogen-bond acceptors (Lipinski definition) is 8. The molecule has 1 aromatic carbocycles. The zero-order chi connectivity index (χ0) is 20.3. The maximum atomic E-state index is 12.1. The molecule has 10 heteroatoms. The average Bonchev–Trinajstić information content (AvgIpc) is 2.78. The molecule has 0 atom stereocenters. The lowest BCUT2D eigenvalue weighted by molar-refractivity contribution is -0.137. The summed E-state index contributed by atoms with van der Waals surface area (Å²) in [7, 11) is 0. The monoisotopic (exact) mass is 415 g/mol. The van der Waals surface area contributed by atoms with Gasteiger partial charge in [-0.3, -0.25) is 9.59 Å². The quantitative estimate of drug-likeness (QED) is 0.296. The summed E-state index contributed by atoms with van der Waals surface area (Å²) in [6.45, 7) is 2.32. The summed E-state index contributed by atoms with van der Waals surface area (Å²) < 4.78 is 10.8. The number of ether oxygens (including phenoxy) is 2. The van der Waals surface area contributed by atoms with Crippen LogP contribution in [0.5, 0.6) is 5.75 Å². The van der Waals surface area contributed by atoms with Gasteiger partial charge in [0, 0.05) is 25.5 Å². The minimum atomic E-state index is -0.250. The zero-order valence-electron chi connectivity index (χ0n) is 15.7. The van der Waals surface area contributed by atoms with Crippen molar-refractivity contribution in [2.45, 2.75) is 5.16 Å². The van der Waals surface area contributed by atoms with Gasteiger partial charge in [0.25, 0.3) is 11.8 Å². The Bertz CT molecular complexity index is 826. The summed E-state index contributed by atoms with van der Waals surface area (Å²) >= 11 is 1.23. The third-order valence-electron chi connectivity index (χ3n) is 3.88. The highest BCUT2D eigenvalue weighted by Gasteiger charge is 2.17. The number of hydrazone groups is 1. The van der Waals surface area contributed by atoms with Crippen molar-refractivity contribution in [1.82, 2.24) is 20.3 Å². The maximum Gasteiger partial charge on any atom is 0.260 e. The van der Waals surface area contributed by atoms with Crippen molar-refractivity contribution in [3.63, 3.8) is 0 Å². The van der Waals surface area contributed by atoms with E-state index in [9.17, 15) is 9.59 Å². The fourth-order valence-corrected chi connectivity index (χ4v) is 3.00. The lowest BCUT2D eigenvalue weighted by atomic mass is 10.2. The molecule has 1 aliphatic heterocycles. The number of amides is 2. The fourth-order valence-electron chi connectivity index (χ4n) is 2.40. The largest absolute Gasteiger partial charge is 0.484 e. The Labute approximate surface area is 172 Å². The first-order valence-electron chi connectivity index (χ1n) is 9.01. The molecule has 3 rings (SSSR count). The zero-order valence-corrected chi connectivity index (χ0v) is 16.5. The van der Waals surface area contributed by atoms with Crippen LogP contribution in [0.2, 0.25) is 0 Å². The normalized spacial score (nSPS) is 14.0. The molecule has 0 bridgehead atoms. The van der Waals surface area contributed by atoms with Crippen LogP contribution in [0, 0.1) is 0 Å². The van der Waals surface area contributed by atoms with Crippen LogP contribution < -0.4 is 10.2 Å². The molecule has 1 saturated heterocycles. The Morgan fingerprint density at radius 3 is 2.66 bits per heavy atom. The number of thioether (sulfide) groups is 1. The van der Waals surface area contributed by atoms with Crippen molar-refractivity contribution in [2.24, 2.45) is 5.10 Å². The van der Waals surface area contributed by atoms with Crippen LogP contribution in [-0.2, 0) is 14.3 Å². The Morgan fingerprint density at radius 1 is 1.21 bits per heavy atom. The second-order valence-corrected chi connectivity index (χ2v) is 6.91. The molecule has 0 spiro atoms. The number of carbonyl (C=O) groups excluding carboxylic acids is 2. The van der Waals surface area contributed by atoms with E-state index in [0.717, 1.165) is 5.56 Å². The molecule has 152 valence electrons. The summed E-state index contributed by atoms with van der Waals surface area (Å²) in [6, 6.07) is 8.79. The number of aromatic nitrogens is 2. The van der Waals surface area contributed by atoms with Crippen molar-refractivity contribution in [2.75, 3.05) is 38.7 Å². The maximum absolute atomic E-state index is 12.1. The van der Waals surface area contributed by atoms with Gasteiger partial charge in [-0.2, -0.15) is 5.10 Å². The smallest absolute Gasteiger partial charge is 0.260 e. The van der Waals surface area contributed by atoms with Crippen molar-refractivity contribution < 1.29 is 19.1 Å². The number of benzene rings is 1. The number of rotatable bonds is 8. The van der Waals surface area contributed by atoms with E-state index in [1.165, 1.54) is 18.0 Å². The first-order valence-corrected chi connectivity index (χ1v) is 9.99. The molecule has 2 aromatic rings. The van der Waals surface area contributed by atoms with Crippen LogP contribution in [-0.4, -0.2) is 71.6 Å². The molecule has 0 aliphatic carbocycles. The number of carbonyl (C=O) groups is 2. The van der Waals surface area contributed by atoms with E-state index in [1.807, 2.05) is 0 Å². The molecule has 1 N–H and O–H groups in total. The molecule has 29 heavy (non-hydrogen) atoms. The van der Waals surface area contributed by atoms with Crippen molar-refractivity contribution >= 4 is 29.8 Å². The highest BCUT2D eigenvalue weighted by molar-refractivity contribution is 7.99. The minimum Gasteiger partial charge on any atom is -0.484 e. The molecule has 0 radical (unpaired) electrons. The van der Waals surface area contributed by atoms with E-state index in [0.29, 0.717) is 37.2 Å². The predicted octanol–water partition coefficient (Wildman–Crippen LogP) is 0.957. The summed E-state index contributed by atoms with van der Waals surface area (Å²) in [5.41, 5.74) is 3.24. The molecular weight excluding hydrogens is 394 g/mol. The van der Waals surface area contributed by atoms with Crippen molar-refractivity contribution in [3.05, 3.63) is 48.3 Å². The van der Waals surface area contributed by atoms with Gasteiger partial charge in [-0.25, -0.2) is 15.4 Å². The highest BCUT2D eigenvalue weighted by Crippen LogP contribution is 2.12. The molecule has 0 unspecified atom stereocenters. The number of morpholine rings is 1. The van der Waals surface area contributed by atoms with E-state index < -0.39 is 0 Å². The van der Waals surface area contributed by atoms with E-state index in [1.54, 1.807) is 47.6 Å². The third kappa shape index (κ3) is 7.16. The Morgan fingerprint density at radius 2 is 1.93 bits per heavy atom. The van der Waals surface area contributed by atoms with Crippen LogP contribution in [0.4, 0.5) is 0 Å². The van der Waals surface area contributed by atoms with Gasteiger partial charge in [0.05, 0.1) is 25.2 Å². The molecule has 9 nitrogen and oxygen atoms in total. The first kappa shape index (κ1) is 20.7. The minimum absolute atomic E-state index is 0.00765. The van der Waals surface area contributed by atoms with E-state index in [2.05, 4.69) is 20.5 Å². The summed E-state index contributed by atoms with van der Waals surface area (Å²) in [5.74, 6) is 0.457. The van der Waals surface area contributed by atoms with Gasteiger partial charge in [0.15, 0.2) is 11.8 Å². The Balaban J connectivity index is 1.38. The molecule has 2 amide bonds. The van der Waals surface area contributed by atoms with Crippen molar-refractivity contribution in [3.8, 4) is 5.75 Å². The molecule has 1 fully saturated rings. The summed E-state index contributed by atoms with van der Waals surface area (Å²) in [6.07, 6.45) is 4.78. The lowest BCUT2D eigenvalue weighted by Crippen LogP contribution is -2.42. The van der Waals surface area contributed by atoms with E-state index >= 15 is 0 Å². The molecular formula is C19H21N5O4S. The van der Waals surface area contributed by atoms with Crippen LogP contribution >= 0.6 is 11.8 Å². The van der Waals surface area contributed by atoms with Gasteiger partial charge in [0.1, 0.15) is 5.75 Å². The average molecular weight is 415 g/mol. The van der Waals surface area contributed by atoms with Crippen LogP contribution in [0.1, 0.15) is 5.56 Å². The molecule has 1 aromatic heterocycles. The predicted molar refractivity (Wildman–Crippen MR) is 108 cm³/mol. The standard InChI is InChI=1S/C19H21N5O4S/c25-17(14-29-19-20-6-1-7-21-19)23-22-12-15-2-4-16(5-3-15)28-13-18(26)24-8-10-27-11-9-24/h1-7,12H,8-11,13-14H2,(H,23,25). The van der Waals surface area contributed by atoms with Crippen LogP contribution in [0.25, 0.3) is 0 Å². The second kappa shape index (κ2) is 11.1. The van der Waals surface area contributed by atoms with E-state index in [-0.39, 0.29) is 24.2 Å². The van der Waals surface area contributed by atoms with Crippen molar-refractivity contribution in [1.29, 1.82) is 0 Å². The molecule has 0 saturated carbocycles. The first-order chi connectivity index (χ1) is 14.2. The Kier molecular flexibility index (Phi) is 7.96. The topological polar surface area (TPSA) is 106 Å². The summed E-state index contributed by atoms with van der Waals surface area (Å²) in [4.78, 5) is 33.6. The van der Waals surface area contributed by atoms with Crippen LogP contribution in [0.15, 0.2) is 53.0 Å². The SMILES string of the molecule is O=C(CSc1ncccn1)NN=Cc1ccc(OCC(=O)N2CCOCC2)cc1. The number of nitrogens with one attached hydrogen (secondary N) is 1. The second-order valence-electron chi connectivity index (χ2n) is 5.96. The highest BCUT2D eigenvalue weighted by atomic mass is 32.2. The lowest BCUT2D eigenvalue weighted by Gasteiger charge is -2.26. The van der Waals surface area contributed by atoms with Gasteiger partial charge in [-0.15, -0.1) is 0 Å².